The molecular weight excluding hydrogens is 312 g/mol. The number of aromatic amines is 1. The SMILES string of the molecule is COC[C@H]1CCS(=O)(=O)C12CN(Cc1cccc3[nH]ccc13)C2. The number of aromatic nitrogens is 1. The van der Waals surface area contributed by atoms with Gasteiger partial charge in [0.25, 0.3) is 0 Å². The van der Waals surface area contributed by atoms with Gasteiger partial charge in [0, 0.05) is 49.8 Å². The summed E-state index contributed by atoms with van der Waals surface area (Å²) >= 11 is 0. The molecule has 1 aromatic heterocycles. The summed E-state index contributed by atoms with van der Waals surface area (Å²) in [6.07, 6.45) is 2.68. The molecule has 2 aliphatic heterocycles. The van der Waals surface area contributed by atoms with E-state index in [2.05, 4.69) is 28.1 Å². The Morgan fingerprint density at radius 1 is 1.35 bits per heavy atom. The minimum Gasteiger partial charge on any atom is -0.384 e. The van der Waals surface area contributed by atoms with E-state index in [-0.39, 0.29) is 5.92 Å². The second kappa shape index (κ2) is 5.33. The molecule has 0 aliphatic carbocycles. The maximum absolute atomic E-state index is 12.5. The van der Waals surface area contributed by atoms with Crippen LogP contribution in [0.4, 0.5) is 0 Å². The quantitative estimate of drug-likeness (QED) is 0.926. The van der Waals surface area contributed by atoms with Crippen molar-refractivity contribution >= 4 is 20.7 Å². The molecule has 2 aromatic rings. The molecule has 5 nitrogen and oxygen atoms in total. The Morgan fingerprint density at radius 3 is 2.96 bits per heavy atom. The smallest absolute Gasteiger partial charge is 0.158 e. The van der Waals surface area contributed by atoms with Crippen molar-refractivity contribution in [1.82, 2.24) is 9.88 Å². The van der Waals surface area contributed by atoms with Crippen molar-refractivity contribution < 1.29 is 13.2 Å². The highest BCUT2D eigenvalue weighted by molar-refractivity contribution is 7.93. The molecule has 1 N–H and O–H groups in total. The van der Waals surface area contributed by atoms with Crippen molar-refractivity contribution in [3.05, 3.63) is 36.0 Å². The number of hydrogen-bond acceptors (Lipinski definition) is 4. The Balaban J connectivity index is 1.53. The Kier molecular flexibility index (Phi) is 3.51. The molecular formula is C17H22N2O3S. The minimum absolute atomic E-state index is 0.136. The monoisotopic (exact) mass is 334 g/mol. The van der Waals surface area contributed by atoms with Crippen LogP contribution in [0.5, 0.6) is 0 Å². The number of nitrogens with one attached hydrogen (secondary N) is 1. The number of hydrogen-bond donors (Lipinski definition) is 1. The molecule has 1 atom stereocenters. The Labute approximate surface area is 136 Å². The first-order valence-electron chi connectivity index (χ1n) is 8.04. The molecule has 0 bridgehead atoms. The van der Waals surface area contributed by atoms with Crippen LogP contribution in [0.25, 0.3) is 10.9 Å². The molecule has 0 saturated carbocycles. The van der Waals surface area contributed by atoms with Crippen LogP contribution in [0.2, 0.25) is 0 Å². The zero-order valence-corrected chi connectivity index (χ0v) is 14.1. The second-order valence-corrected chi connectivity index (χ2v) is 9.28. The van der Waals surface area contributed by atoms with E-state index in [1.54, 1.807) is 7.11 Å². The molecule has 0 amide bonds. The highest BCUT2D eigenvalue weighted by Gasteiger charge is 2.61. The molecule has 3 heterocycles. The van der Waals surface area contributed by atoms with Crippen molar-refractivity contribution in [2.45, 2.75) is 17.7 Å². The zero-order chi connectivity index (χ0) is 16.1. The molecule has 0 unspecified atom stereocenters. The summed E-state index contributed by atoms with van der Waals surface area (Å²) in [6, 6.07) is 8.31. The van der Waals surface area contributed by atoms with Gasteiger partial charge < -0.3 is 9.72 Å². The average Bonchev–Trinajstić information content (AvgIpc) is 3.04. The van der Waals surface area contributed by atoms with E-state index in [4.69, 9.17) is 4.74 Å². The fourth-order valence-corrected chi connectivity index (χ4v) is 6.71. The lowest BCUT2D eigenvalue weighted by atomic mass is 9.83. The molecule has 4 rings (SSSR count). The lowest BCUT2D eigenvalue weighted by molar-refractivity contribution is 0.0414. The number of ether oxygens (including phenoxy) is 1. The molecule has 1 spiro atoms. The van der Waals surface area contributed by atoms with Gasteiger partial charge in [-0.3, -0.25) is 4.90 Å². The molecule has 2 saturated heterocycles. The summed E-state index contributed by atoms with van der Waals surface area (Å²) in [5.41, 5.74) is 2.38. The van der Waals surface area contributed by atoms with E-state index < -0.39 is 14.6 Å². The summed E-state index contributed by atoms with van der Waals surface area (Å²) in [6.45, 7) is 2.60. The van der Waals surface area contributed by atoms with Gasteiger partial charge in [0.2, 0.25) is 0 Å². The third-order valence-electron chi connectivity index (χ3n) is 5.53. The number of likely N-dealkylation sites (tertiary alicyclic amines) is 1. The summed E-state index contributed by atoms with van der Waals surface area (Å²) in [5, 5.41) is 1.22. The highest BCUT2D eigenvalue weighted by Crippen LogP contribution is 2.45. The van der Waals surface area contributed by atoms with Gasteiger partial charge >= 0.3 is 0 Å². The Bertz CT molecular complexity index is 821. The van der Waals surface area contributed by atoms with Crippen LogP contribution in [0.15, 0.2) is 30.5 Å². The summed E-state index contributed by atoms with van der Waals surface area (Å²) in [5.74, 6) is 0.444. The van der Waals surface area contributed by atoms with Crippen molar-refractivity contribution in [3.63, 3.8) is 0 Å². The Morgan fingerprint density at radius 2 is 2.17 bits per heavy atom. The van der Waals surface area contributed by atoms with Gasteiger partial charge in [-0.2, -0.15) is 0 Å². The topological polar surface area (TPSA) is 62.4 Å². The fourth-order valence-electron chi connectivity index (χ4n) is 4.26. The van der Waals surface area contributed by atoms with Gasteiger partial charge in [0.1, 0.15) is 4.75 Å². The Hall–Kier alpha value is -1.37. The molecule has 0 radical (unpaired) electrons. The van der Waals surface area contributed by atoms with Crippen molar-refractivity contribution in [2.75, 3.05) is 32.6 Å². The molecule has 124 valence electrons. The van der Waals surface area contributed by atoms with Crippen LogP contribution in [0.3, 0.4) is 0 Å². The van der Waals surface area contributed by atoms with Gasteiger partial charge in [-0.15, -0.1) is 0 Å². The maximum atomic E-state index is 12.5. The van der Waals surface area contributed by atoms with Gasteiger partial charge in [-0.05, 0) is 24.1 Å². The van der Waals surface area contributed by atoms with Crippen molar-refractivity contribution in [2.24, 2.45) is 5.92 Å². The first-order valence-corrected chi connectivity index (χ1v) is 9.69. The van der Waals surface area contributed by atoms with Gasteiger partial charge in [0.15, 0.2) is 9.84 Å². The maximum Gasteiger partial charge on any atom is 0.158 e. The summed E-state index contributed by atoms with van der Waals surface area (Å²) in [4.78, 5) is 5.47. The molecule has 1 aromatic carbocycles. The van der Waals surface area contributed by atoms with Gasteiger partial charge in [-0.1, -0.05) is 12.1 Å². The predicted octanol–water partition coefficient (Wildman–Crippen LogP) is 1.80. The van der Waals surface area contributed by atoms with E-state index >= 15 is 0 Å². The standard InChI is InChI=1S/C17H22N2O3S/c1-22-10-14-6-8-23(20,21)17(14)11-19(12-17)9-13-3-2-4-16-15(13)5-7-18-16/h2-5,7,14,18H,6,8-12H2,1H3/t14-/m1/s1. The third kappa shape index (κ3) is 2.23. The number of H-pyrrole nitrogens is 1. The van der Waals surface area contributed by atoms with Crippen LogP contribution in [0, 0.1) is 5.92 Å². The van der Waals surface area contributed by atoms with Gasteiger partial charge in [-0.25, -0.2) is 8.42 Å². The first-order chi connectivity index (χ1) is 11.1. The van der Waals surface area contributed by atoms with Crippen LogP contribution < -0.4 is 0 Å². The van der Waals surface area contributed by atoms with Crippen molar-refractivity contribution in [1.29, 1.82) is 0 Å². The lowest BCUT2D eigenvalue weighted by Gasteiger charge is -2.50. The zero-order valence-electron chi connectivity index (χ0n) is 13.3. The molecule has 2 fully saturated rings. The van der Waals surface area contributed by atoms with E-state index in [1.807, 2.05) is 12.3 Å². The average molecular weight is 334 g/mol. The normalized spacial score (nSPS) is 25.9. The third-order valence-corrected chi connectivity index (χ3v) is 8.13. The summed E-state index contributed by atoms with van der Waals surface area (Å²) in [7, 11) is -1.35. The number of sulfone groups is 1. The fraction of sp³-hybridized carbons (Fsp3) is 0.529. The van der Waals surface area contributed by atoms with E-state index in [0.717, 1.165) is 18.5 Å². The van der Waals surface area contributed by atoms with Gasteiger partial charge in [0.05, 0.1) is 12.4 Å². The van der Waals surface area contributed by atoms with Crippen LogP contribution >= 0.6 is 0 Å². The number of nitrogens with zero attached hydrogens (tertiary/aromatic N) is 1. The largest absolute Gasteiger partial charge is 0.384 e. The lowest BCUT2D eigenvalue weighted by Crippen LogP contribution is -2.67. The van der Waals surface area contributed by atoms with E-state index in [9.17, 15) is 8.42 Å². The molecule has 2 aliphatic rings. The minimum atomic E-state index is -3.01. The highest BCUT2D eigenvalue weighted by atomic mass is 32.2. The second-order valence-electron chi connectivity index (χ2n) is 6.83. The van der Waals surface area contributed by atoms with Crippen LogP contribution in [-0.4, -0.2) is 55.6 Å². The van der Waals surface area contributed by atoms with Crippen LogP contribution in [-0.2, 0) is 21.1 Å². The molecule has 6 heteroatoms. The number of methoxy groups -OCH3 is 1. The number of benzene rings is 1. The van der Waals surface area contributed by atoms with Crippen molar-refractivity contribution in [3.8, 4) is 0 Å². The van der Waals surface area contributed by atoms with E-state index in [0.29, 0.717) is 25.4 Å². The molecule has 23 heavy (non-hydrogen) atoms. The summed E-state index contributed by atoms with van der Waals surface area (Å²) < 4.78 is 29.8. The number of fused-ring (bicyclic) bond motifs is 1. The predicted molar refractivity (Wildman–Crippen MR) is 90.1 cm³/mol. The first kappa shape index (κ1) is 15.2. The van der Waals surface area contributed by atoms with E-state index in [1.165, 1.54) is 10.9 Å². The van der Waals surface area contributed by atoms with Crippen LogP contribution in [0.1, 0.15) is 12.0 Å². The number of rotatable bonds is 4.